The van der Waals surface area contributed by atoms with Crippen LogP contribution in [-0.4, -0.2) is 55.8 Å². The van der Waals surface area contributed by atoms with E-state index in [1.807, 2.05) is 13.8 Å². The van der Waals surface area contributed by atoms with Gasteiger partial charge in [-0.3, -0.25) is 0 Å². The molecule has 0 aromatic rings. The number of carbonyl (C=O) groups excluding carboxylic acids is 1. The number of rotatable bonds is 8. The highest BCUT2D eigenvalue weighted by Gasteiger charge is 1.84. The normalized spacial score (nSPS) is 8.21. The molecule has 0 aromatic heterocycles. The average molecular weight is 278 g/mol. The van der Waals surface area contributed by atoms with E-state index in [-0.39, 0.29) is 13.2 Å². The third-order valence-electron chi connectivity index (χ3n) is 1.25. The first-order valence-electron chi connectivity index (χ1n) is 5.95. The molecule has 6 nitrogen and oxygen atoms in total. The summed E-state index contributed by atoms with van der Waals surface area (Å²) in [6.45, 7) is 12.7. The lowest BCUT2D eigenvalue weighted by Crippen LogP contribution is -2.03. The average Bonchev–Trinajstić information content (AvgIpc) is 2.42. The zero-order chi connectivity index (χ0) is 15.4. The maximum absolute atomic E-state index is 10.0. The molecular formula is C13H26O6. The predicted octanol–water partition coefficient (Wildman–Crippen LogP) is 0.889. The maximum Gasteiger partial charge on any atom is 0.334 e. The summed E-state index contributed by atoms with van der Waals surface area (Å²) in [5, 5.41) is 16.2. The van der Waals surface area contributed by atoms with Gasteiger partial charge >= 0.3 is 5.97 Å². The smallest absolute Gasteiger partial charge is 0.334 e. The summed E-state index contributed by atoms with van der Waals surface area (Å²) >= 11 is 0. The molecular weight excluding hydrogens is 252 g/mol. The molecule has 0 aromatic carbocycles. The number of hydrogen-bond donors (Lipinski definition) is 2. The molecule has 0 atom stereocenters. The van der Waals surface area contributed by atoms with Crippen molar-refractivity contribution in [1.29, 1.82) is 0 Å². The van der Waals surface area contributed by atoms with Crippen molar-refractivity contribution in [2.45, 2.75) is 13.8 Å². The summed E-state index contributed by atoms with van der Waals surface area (Å²) < 4.78 is 13.7. The second-order valence-electron chi connectivity index (χ2n) is 2.65. The molecule has 0 radical (unpaired) electrons. The van der Waals surface area contributed by atoms with Crippen LogP contribution in [0.5, 0.6) is 0 Å². The van der Waals surface area contributed by atoms with E-state index in [2.05, 4.69) is 22.6 Å². The van der Waals surface area contributed by atoms with Crippen molar-refractivity contribution in [3.05, 3.63) is 25.5 Å². The minimum absolute atomic E-state index is 0.0278. The van der Waals surface area contributed by atoms with Gasteiger partial charge in [-0.2, -0.15) is 0 Å². The highest BCUT2D eigenvalue weighted by atomic mass is 16.5. The van der Waals surface area contributed by atoms with Crippen molar-refractivity contribution in [1.82, 2.24) is 0 Å². The monoisotopic (exact) mass is 278 g/mol. The summed E-state index contributed by atoms with van der Waals surface area (Å²) in [5.74, 6) is -0.477. The van der Waals surface area contributed by atoms with Gasteiger partial charge in [-0.05, 0) is 13.8 Å². The van der Waals surface area contributed by atoms with Crippen molar-refractivity contribution in [2.24, 2.45) is 0 Å². The zero-order valence-corrected chi connectivity index (χ0v) is 11.8. The van der Waals surface area contributed by atoms with Gasteiger partial charge in [0, 0.05) is 19.3 Å². The van der Waals surface area contributed by atoms with Gasteiger partial charge in [0.15, 0.2) is 0 Å². The van der Waals surface area contributed by atoms with Crippen molar-refractivity contribution in [3.63, 3.8) is 0 Å². The minimum Gasteiger partial charge on any atom is -0.432 e. The summed E-state index contributed by atoms with van der Waals surface area (Å²) in [6.07, 6.45) is 2.13. The van der Waals surface area contributed by atoms with Gasteiger partial charge in [0.1, 0.15) is 0 Å². The van der Waals surface area contributed by atoms with E-state index in [4.69, 9.17) is 14.9 Å². The third kappa shape index (κ3) is 38.3. The van der Waals surface area contributed by atoms with Crippen LogP contribution in [0, 0.1) is 0 Å². The highest BCUT2D eigenvalue weighted by molar-refractivity contribution is 5.81. The maximum atomic E-state index is 10.0. The van der Waals surface area contributed by atoms with Crippen LogP contribution in [0.15, 0.2) is 25.5 Å². The number of hydrogen-bond acceptors (Lipinski definition) is 6. The van der Waals surface area contributed by atoms with Gasteiger partial charge in [-0.1, -0.05) is 13.2 Å². The summed E-state index contributed by atoms with van der Waals surface area (Å²) in [5.41, 5.74) is 0. The Kier molecular flexibility index (Phi) is 30.9. The molecule has 114 valence electrons. The molecule has 19 heavy (non-hydrogen) atoms. The molecule has 0 unspecified atom stereocenters. The van der Waals surface area contributed by atoms with Crippen LogP contribution >= 0.6 is 0 Å². The van der Waals surface area contributed by atoms with Gasteiger partial charge in [-0.15, -0.1) is 0 Å². The Bertz CT molecular complexity index is 188. The van der Waals surface area contributed by atoms with E-state index in [1.54, 1.807) is 0 Å². The van der Waals surface area contributed by atoms with Crippen molar-refractivity contribution in [3.8, 4) is 0 Å². The lowest BCUT2D eigenvalue weighted by Gasteiger charge is -1.94. The molecule has 0 rings (SSSR count). The summed E-state index contributed by atoms with van der Waals surface area (Å²) in [6, 6.07) is 0. The fraction of sp³-hybridized carbons (Fsp3) is 0.615. The quantitative estimate of drug-likeness (QED) is 0.297. The van der Waals surface area contributed by atoms with Crippen LogP contribution in [0.2, 0.25) is 0 Å². The van der Waals surface area contributed by atoms with E-state index >= 15 is 0 Å². The van der Waals surface area contributed by atoms with E-state index in [9.17, 15) is 4.79 Å². The number of ether oxygens (including phenoxy) is 3. The molecule has 0 heterocycles. The van der Waals surface area contributed by atoms with Crippen molar-refractivity contribution in [2.75, 3.05) is 39.6 Å². The molecule has 0 saturated heterocycles. The second kappa shape index (κ2) is 25.6. The van der Waals surface area contributed by atoms with E-state index in [0.717, 1.165) is 25.6 Å². The van der Waals surface area contributed by atoms with Gasteiger partial charge in [0.25, 0.3) is 0 Å². The molecule has 0 aliphatic heterocycles. The van der Waals surface area contributed by atoms with E-state index in [1.165, 1.54) is 0 Å². The fourth-order valence-corrected chi connectivity index (χ4v) is 0.566. The number of aliphatic hydroxyl groups excluding tert-OH is 2. The van der Waals surface area contributed by atoms with Crippen LogP contribution in [0.4, 0.5) is 0 Å². The molecule has 0 aliphatic carbocycles. The Labute approximate surface area is 115 Å². The van der Waals surface area contributed by atoms with Gasteiger partial charge in [-0.25, -0.2) is 4.79 Å². The van der Waals surface area contributed by atoms with Crippen molar-refractivity contribution < 1.29 is 29.2 Å². The molecule has 0 saturated carbocycles. The van der Waals surface area contributed by atoms with Crippen LogP contribution in [0.1, 0.15) is 13.8 Å². The first-order chi connectivity index (χ1) is 9.14. The third-order valence-corrected chi connectivity index (χ3v) is 1.25. The molecule has 6 heteroatoms. The molecule has 2 N–H and O–H groups in total. The van der Waals surface area contributed by atoms with Crippen LogP contribution in [0.3, 0.4) is 0 Å². The fourth-order valence-electron chi connectivity index (χ4n) is 0.566. The summed E-state index contributed by atoms with van der Waals surface area (Å²) in [4.78, 5) is 10.0. The van der Waals surface area contributed by atoms with E-state index < -0.39 is 5.97 Å². The van der Waals surface area contributed by atoms with Crippen LogP contribution < -0.4 is 0 Å². The standard InChI is InChI=1S/C5H6O2.C4H10O3.C4H10O/c1-3-5(6)7-4-2;5-1-3-7-4-2-6;1-3-5-4-2/h3-4H,1-2H2;5-6H,1-4H2;3-4H2,1-2H3. The number of aliphatic hydroxyl groups is 2. The molecule has 0 bridgehead atoms. The highest BCUT2D eigenvalue weighted by Crippen LogP contribution is 1.75. The molecule has 0 fully saturated rings. The Hall–Kier alpha value is -1.21. The zero-order valence-electron chi connectivity index (χ0n) is 11.8. The largest absolute Gasteiger partial charge is 0.432 e. The van der Waals surface area contributed by atoms with Crippen molar-refractivity contribution >= 4 is 5.97 Å². The second-order valence-corrected chi connectivity index (χ2v) is 2.65. The first kappa shape index (κ1) is 22.9. The Morgan fingerprint density at radius 3 is 1.68 bits per heavy atom. The Balaban J connectivity index is -0.000000206. The summed E-state index contributed by atoms with van der Waals surface area (Å²) in [7, 11) is 0. The SMILES string of the molecule is C=COC(=O)C=C.CCOCC.OCCOCCO. The number of esters is 1. The van der Waals surface area contributed by atoms with Gasteiger partial charge < -0.3 is 24.4 Å². The van der Waals surface area contributed by atoms with Crippen LogP contribution in [0.25, 0.3) is 0 Å². The minimum atomic E-state index is -0.477. The lowest BCUT2D eigenvalue weighted by molar-refractivity contribution is -0.132. The molecule has 0 spiro atoms. The molecule has 0 aliphatic rings. The Morgan fingerprint density at radius 1 is 1.05 bits per heavy atom. The molecule has 0 amide bonds. The van der Waals surface area contributed by atoms with Gasteiger partial charge in [0.2, 0.25) is 0 Å². The topological polar surface area (TPSA) is 85.2 Å². The van der Waals surface area contributed by atoms with E-state index in [0.29, 0.717) is 13.2 Å². The lowest BCUT2D eigenvalue weighted by atomic mass is 10.7. The Morgan fingerprint density at radius 2 is 1.53 bits per heavy atom. The first-order valence-corrected chi connectivity index (χ1v) is 5.95. The van der Waals surface area contributed by atoms with Gasteiger partial charge in [0.05, 0.1) is 32.7 Å². The predicted molar refractivity (Wildman–Crippen MR) is 73.6 cm³/mol. The number of carbonyl (C=O) groups is 1. The van der Waals surface area contributed by atoms with Crippen LogP contribution in [-0.2, 0) is 19.0 Å².